The van der Waals surface area contributed by atoms with Crippen molar-refractivity contribution in [3.05, 3.63) is 74.8 Å². The van der Waals surface area contributed by atoms with E-state index in [4.69, 9.17) is 4.74 Å². The highest BCUT2D eigenvalue weighted by Crippen LogP contribution is 2.26. The predicted octanol–water partition coefficient (Wildman–Crippen LogP) is 1.26. The maximum Gasteiger partial charge on any atom is 0.279 e. The Morgan fingerprint density at radius 2 is 2.08 bits per heavy atom. The Morgan fingerprint density at radius 3 is 2.79 bits per heavy atom. The van der Waals surface area contributed by atoms with Crippen molar-refractivity contribution in [1.82, 2.24) is 9.78 Å². The van der Waals surface area contributed by atoms with Crippen LogP contribution in [0.4, 0.5) is 4.39 Å². The molecule has 3 rings (SSSR count). The quantitative estimate of drug-likeness (QED) is 0.761. The average Bonchev–Trinajstić information content (AvgIpc) is 2.84. The van der Waals surface area contributed by atoms with E-state index in [-0.39, 0.29) is 11.3 Å². The minimum absolute atomic E-state index is 0.00994. The van der Waals surface area contributed by atoms with E-state index in [1.807, 2.05) is 0 Å². The van der Waals surface area contributed by atoms with Gasteiger partial charge >= 0.3 is 0 Å². The Labute approximate surface area is 136 Å². The van der Waals surface area contributed by atoms with Crippen LogP contribution in [0.2, 0.25) is 0 Å². The first-order chi connectivity index (χ1) is 11.5. The molecule has 5 nitrogen and oxygen atoms in total. The van der Waals surface area contributed by atoms with Gasteiger partial charge in [0.05, 0.1) is 23.4 Å². The van der Waals surface area contributed by atoms with Crippen LogP contribution in [0, 0.1) is 5.82 Å². The van der Waals surface area contributed by atoms with Gasteiger partial charge in [-0.3, -0.25) is 9.89 Å². The van der Waals surface area contributed by atoms with E-state index in [9.17, 15) is 14.3 Å². The number of aromatic amines is 1. The van der Waals surface area contributed by atoms with Crippen molar-refractivity contribution in [3.8, 4) is 17.2 Å². The molecule has 0 saturated heterocycles. The van der Waals surface area contributed by atoms with Crippen LogP contribution in [0.25, 0.3) is 18.3 Å². The molecule has 0 fully saturated rings. The van der Waals surface area contributed by atoms with Crippen LogP contribution in [-0.2, 0) is 0 Å². The molecular formula is C18H15FN2O3. The number of phenols is 1. The second-order valence-electron chi connectivity index (χ2n) is 5.20. The maximum atomic E-state index is 13.4. The molecule has 0 saturated carbocycles. The first-order valence-electron chi connectivity index (χ1n) is 7.14. The van der Waals surface area contributed by atoms with Crippen LogP contribution in [0.5, 0.6) is 11.5 Å². The molecular weight excluding hydrogens is 311 g/mol. The zero-order valence-electron chi connectivity index (χ0n) is 12.9. The summed E-state index contributed by atoms with van der Waals surface area (Å²) in [6, 6.07) is 10.4. The van der Waals surface area contributed by atoms with Gasteiger partial charge in [0.2, 0.25) is 0 Å². The molecule has 0 bridgehead atoms. The molecule has 1 aromatic heterocycles. The molecule has 0 atom stereocenters. The highest BCUT2D eigenvalue weighted by Gasteiger charge is 2.07. The predicted molar refractivity (Wildman–Crippen MR) is 89.3 cm³/mol. The normalized spacial score (nSPS) is 11.7. The van der Waals surface area contributed by atoms with Crippen LogP contribution < -0.4 is 20.9 Å². The number of nitrogens with zero attached hydrogens (tertiary/aromatic N) is 1. The zero-order chi connectivity index (χ0) is 17.3. The molecule has 24 heavy (non-hydrogen) atoms. The molecule has 3 aromatic rings. The molecule has 6 heteroatoms. The zero-order valence-corrected chi connectivity index (χ0v) is 12.9. The first kappa shape index (κ1) is 15.6. The monoisotopic (exact) mass is 326 g/mol. The van der Waals surface area contributed by atoms with Crippen LogP contribution in [-0.4, -0.2) is 22.0 Å². The third-order valence-corrected chi connectivity index (χ3v) is 3.59. The summed E-state index contributed by atoms with van der Waals surface area (Å²) in [7, 11) is 1.44. The standard InChI is InChI=1S/C18H15FN2O3/c1-11-15(8-12-6-7-16(22)17(9-12)24-2)18(23)21(20-11)14-5-3-4-13(19)10-14/h3-10,20,22H,1H2,2H3. The number of hydrogen-bond donors (Lipinski definition) is 2. The second-order valence-corrected chi connectivity index (χ2v) is 5.20. The van der Waals surface area contributed by atoms with Crippen molar-refractivity contribution in [3.63, 3.8) is 0 Å². The lowest BCUT2D eigenvalue weighted by atomic mass is 10.1. The van der Waals surface area contributed by atoms with Crippen LogP contribution in [0.3, 0.4) is 0 Å². The molecule has 0 radical (unpaired) electrons. The molecule has 0 aliphatic carbocycles. The van der Waals surface area contributed by atoms with Gasteiger partial charge in [-0.2, -0.15) is 0 Å². The maximum absolute atomic E-state index is 13.4. The number of benzene rings is 2. The molecule has 2 N–H and O–H groups in total. The number of H-pyrrole nitrogens is 1. The molecule has 0 aliphatic rings. The summed E-state index contributed by atoms with van der Waals surface area (Å²) >= 11 is 0. The fourth-order valence-electron chi connectivity index (χ4n) is 2.39. The van der Waals surface area contributed by atoms with Crippen molar-refractivity contribution in [2.75, 3.05) is 7.11 Å². The van der Waals surface area contributed by atoms with Crippen molar-refractivity contribution in [2.24, 2.45) is 0 Å². The highest BCUT2D eigenvalue weighted by atomic mass is 19.1. The van der Waals surface area contributed by atoms with Gasteiger partial charge in [-0.05, 0) is 42.0 Å². The fraction of sp³-hybridized carbons (Fsp3) is 0.0556. The van der Waals surface area contributed by atoms with Crippen LogP contribution in [0.1, 0.15) is 5.56 Å². The molecule has 0 aliphatic heterocycles. The lowest BCUT2D eigenvalue weighted by Crippen LogP contribution is -2.33. The number of halogens is 1. The number of rotatable bonds is 3. The molecule has 0 unspecified atom stereocenters. The lowest BCUT2D eigenvalue weighted by molar-refractivity contribution is 0.373. The van der Waals surface area contributed by atoms with Gasteiger partial charge in [0.25, 0.3) is 5.56 Å². The van der Waals surface area contributed by atoms with Gasteiger partial charge in [-0.25, -0.2) is 9.07 Å². The molecule has 1 heterocycles. The van der Waals surface area contributed by atoms with Gasteiger partial charge in [0, 0.05) is 0 Å². The topological polar surface area (TPSA) is 67.2 Å². The first-order valence-corrected chi connectivity index (χ1v) is 7.14. The minimum atomic E-state index is -0.437. The fourth-order valence-corrected chi connectivity index (χ4v) is 2.39. The van der Waals surface area contributed by atoms with E-state index in [0.29, 0.717) is 27.6 Å². The summed E-state index contributed by atoms with van der Waals surface area (Å²) in [6.45, 7) is 3.82. The van der Waals surface area contributed by atoms with Gasteiger partial charge < -0.3 is 9.84 Å². The van der Waals surface area contributed by atoms with Gasteiger partial charge in [0.1, 0.15) is 5.82 Å². The number of phenolic OH excluding ortho intramolecular Hbond substituents is 1. The largest absolute Gasteiger partial charge is 0.504 e. The summed E-state index contributed by atoms with van der Waals surface area (Å²) in [5.41, 5.74) is 0.697. The van der Waals surface area contributed by atoms with Crippen molar-refractivity contribution in [1.29, 1.82) is 0 Å². The van der Waals surface area contributed by atoms with Gasteiger partial charge in [-0.1, -0.05) is 18.7 Å². The molecule has 0 amide bonds. The van der Waals surface area contributed by atoms with Gasteiger partial charge in [-0.15, -0.1) is 0 Å². The van der Waals surface area contributed by atoms with E-state index in [1.165, 1.54) is 36.1 Å². The van der Waals surface area contributed by atoms with E-state index < -0.39 is 5.82 Å². The summed E-state index contributed by atoms with van der Waals surface area (Å²) in [4.78, 5) is 12.6. The van der Waals surface area contributed by atoms with Crippen molar-refractivity contribution in [2.45, 2.75) is 0 Å². The number of nitrogens with one attached hydrogen (secondary N) is 1. The number of aromatic hydroxyl groups is 1. The summed E-state index contributed by atoms with van der Waals surface area (Å²) in [5, 5.41) is 13.2. The summed E-state index contributed by atoms with van der Waals surface area (Å²) in [6.07, 6.45) is 1.62. The van der Waals surface area contributed by atoms with Crippen molar-refractivity contribution >= 4 is 12.7 Å². The third-order valence-electron chi connectivity index (χ3n) is 3.59. The molecule has 2 aromatic carbocycles. The Kier molecular flexibility index (Phi) is 3.95. The number of methoxy groups -OCH3 is 1. The summed E-state index contributed by atoms with van der Waals surface area (Å²) < 4.78 is 19.7. The SMILES string of the molecule is C=c1[nH]n(-c2cccc(F)c2)c(=O)c1=Cc1ccc(O)c(OC)c1. The van der Waals surface area contributed by atoms with E-state index in [2.05, 4.69) is 11.7 Å². The lowest BCUT2D eigenvalue weighted by Gasteiger charge is -2.03. The summed E-state index contributed by atoms with van der Waals surface area (Å²) in [5.74, 6) is -0.125. The number of aromatic nitrogens is 2. The Bertz CT molecular complexity index is 1070. The molecule has 122 valence electrons. The smallest absolute Gasteiger partial charge is 0.279 e. The van der Waals surface area contributed by atoms with E-state index in [0.717, 1.165) is 0 Å². The van der Waals surface area contributed by atoms with Gasteiger partial charge in [0.15, 0.2) is 11.5 Å². The average molecular weight is 326 g/mol. The second kappa shape index (κ2) is 6.08. The molecule has 0 spiro atoms. The van der Waals surface area contributed by atoms with Crippen LogP contribution >= 0.6 is 0 Å². The Morgan fingerprint density at radius 1 is 1.29 bits per heavy atom. The third kappa shape index (κ3) is 2.81. The van der Waals surface area contributed by atoms with E-state index >= 15 is 0 Å². The highest BCUT2D eigenvalue weighted by molar-refractivity contribution is 5.55. The minimum Gasteiger partial charge on any atom is -0.504 e. The Balaban J connectivity index is 2.17. The van der Waals surface area contributed by atoms with Crippen molar-refractivity contribution < 1.29 is 14.2 Å². The van der Waals surface area contributed by atoms with E-state index in [1.54, 1.807) is 24.3 Å². The number of hydrogen-bond acceptors (Lipinski definition) is 3. The number of ether oxygens (including phenoxy) is 1. The van der Waals surface area contributed by atoms with Crippen LogP contribution in [0.15, 0.2) is 47.3 Å². The Hall–Kier alpha value is -3.28.